The molecule has 2 atom stereocenters. The van der Waals surface area contributed by atoms with Crippen molar-refractivity contribution in [2.45, 2.75) is 31.1 Å². The Bertz CT molecular complexity index is 923. The summed E-state index contributed by atoms with van der Waals surface area (Å²) < 4.78 is 24.0. The maximum atomic E-state index is 12.0. The zero-order valence-electron chi connectivity index (χ0n) is 14.5. The monoisotopic (exact) mass is 409 g/mol. The van der Waals surface area contributed by atoms with Gasteiger partial charge in [0.15, 0.2) is 20.8 Å². The molecule has 2 aliphatic rings. The normalized spacial score (nSPS) is 24.8. The summed E-state index contributed by atoms with van der Waals surface area (Å²) in [6.45, 7) is 1.45. The van der Waals surface area contributed by atoms with E-state index in [1.807, 2.05) is 0 Å². The van der Waals surface area contributed by atoms with Gasteiger partial charge in [0.25, 0.3) is 0 Å². The highest BCUT2D eigenvalue weighted by Gasteiger charge is 2.49. The number of ketones is 1. The van der Waals surface area contributed by atoms with Crippen LogP contribution in [0.1, 0.15) is 30.1 Å². The number of fused-ring (bicyclic) bond motifs is 1. The number of hydrogen-bond acceptors (Lipinski definition) is 7. The zero-order chi connectivity index (χ0) is 19.8. The van der Waals surface area contributed by atoms with Crippen molar-refractivity contribution in [3.8, 4) is 0 Å². The molecule has 27 heavy (non-hydrogen) atoms. The van der Waals surface area contributed by atoms with Crippen molar-refractivity contribution in [3.63, 3.8) is 0 Å². The second-order valence-corrected chi connectivity index (χ2v) is 9.79. The predicted octanol–water partition coefficient (Wildman–Crippen LogP) is 0.0207. The molecule has 0 radical (unpaired) electrons. The van der Waals surface area contributed by atoms with Crippen LogP contribution in [-0.2, 0) is 19.4 Å². The van der Waals surface area contributed by atoms with Crippen molar-refractivity contribution in [2.24, 2.45) is 4.99 Å². The molecule has 1 amide bonds. The second kappa shape index (κ2) is 7.43. The number of anilines is 1. The van der Waals surface area contributed by atoms with Crippen LogP contribution in [0, 0.1) is 0 Å². The maximum absolute atomic E-state index is 12.0. The molecule has 2 heterocycles. The van der Waals surface area contributed by atoms with E-state index in [1.165, 1.54) is 18.7 Å². The van der Waals surface area contributed by atoms with Crippen molar-refractivity contribution in [3.05, 3.63) is 29.8 Å². The van der Waals surface area contributed by atoms with Crippen LogP contribution in [0.5, 0.6) is 0 Å². The molecule has 10 heteroatoms. The average Bonchev–Trinajstić information content (AvgIpc) is 3.03. The highest BCUT2D eigenvalue weighted by atomic mass is 32.2. The first-order valence-electron chi connectivity index (χ1n) is 8.25. The summed E-state index contributed by atoms with van der Waals surface area (Å²) in [5.41, 5.74) is 1.15. The molecule has 1 aromatic carbocycles. The van der Waals surface area contributed by atoms with E-state index in [2.05, 4.69) is 4.99 Å². The lowest BCUT2D eigenvalue weighted by Crippen LogP contribution is -2.37. The quantitative estimate of drug-likeness (QED) is 0.624. The van der Waals surface area contributed by atoms with Crippen LogP contribution in [0.3, 0.4) is 0 Å². The van der Waals surface area contributed by atoms with Crippen LogP contribution >= 0.6 is 11.8 Å². The van der Waals surface area contributed by atoms with E-state index in [0.717, 1.165) is 0 Å². The van der Waals surface area contributed by atoms with Gasteiger partial charge in [-0.25, -0.2) is 8.42 Å². The molecule has 2 aliphatic heterocycles. The Hall–Kier alpha value is -2.20. The van der Waals surface area contributed by atoms with Gasteiger partial charge < -0.3 is 14.8 Å². The number of amides is 1. The van der Waals surface area contributed by atoms with Gasteiger partial charge in [0, 0.05) is 28.9 Å². The summed E-state index contributed by atoms with van der Waals surface area (Å²) in [5.74, 6) is -2.08. The Kier molecular flexibility index (Phi) is 5.38. The summed E-state index contributed by atoms with van der Waals surface area (Å²) in [6, 6.07) is 6.27. The first-order valence-corrected chi connectivity index (χ1v) is 10.9. The fourth-order valence-corrected chi connectivity index (χ4v) is 7.03. The SMILES string of the molecule is CC(=O)c1ccc(N2C(=NC(=O)CCC(=O)[O-])S[C@@H]3CS(=O)(=O)C[C@H]32)cc1. The van der Waals surface area contributed by atoms with E-state index in [0.29, 0.717) is 16.4 Å². The Labute approximate surface area is 160 Å². The van der Waals surface area contributed by atoms with Crippen molar-refractivity contribution in [1.29, 1.82) is 0 Å². The molecule has 144 valence electrons. The van der Waals surface area contributed by atoms with Gasteiger partial charge in [0.2, 0.25) is 5.91 Å². The van der Waals surface area contributed by atoms with Crippen LogP contribution in [0.15, 0.2) is 29.3 Å². The third-order valence-corrected chi connectivity index (χ3v) is 7.59. The lowest BCUT2D eigenvalue weighted by molar-refractivity contribution is -0.305. The minimum absolute atomic E-state index is 0.00335. The number of aliphatic imine (C=N–C) groups is 1. The summed E-state index contributed by atoms with van der Waals surface area (Å²) in [7, 11) is -3.18. The van der Waals surface area contributed by atoms with Crippen molar-refractivity contribution in [2.75, 3.05) is 16.4 Å². The number of rotatable bonds is 5. The molecule has 0 aliphatic carbocycles. The fraction of sp³-hybridized carbons (Fsp3) is 0.412. The number of aliphatic carboxylic acids is 1. The average molecular weight is 409 g/mol. The molecule has 0 N–H and O–H groups in total. The molecule has 1 aromatic rings. The smallest absolute Gasteiger partial charge is 0.248 e. The lowest BCUT2D eigenvalue weighted by Gasteiger charge is -2.24. The summed E-state index contributed by atoms with van der Waals surface area (Å²) in [4.78, 5) is 39.7. The fourth-order valence-electron chi connectivity index (χ4n) is 3.09. The molecule has 8 nitrogen and oxygen atoms in total. The van der Waals surface area contributed by atoms with Gasteiger partial charge in [0.1, 0.15) is 0 Å². The van der Waals surface area contributed by atoms with Crippen molar-refractivity contribution < 1.29 is 27.9 Å². The Morgan fingerprint density at radius 2 is 1.85 bits per heavy atom. The third-order valence-electron chi connectivity index (χ3n) is 4.38. The molecule has 0 bridgehead atoms. The lowest BCUT2D eigenvalue weighted by atomic mass is 10.1. The van der Waals surface area contributed by atoms with Gasteiger partial charge in [0.05, 0.1) is 17.5 Å². The molecule has 2 saturated heterocycles. The van der Waals surface area contributed by atoms with E-state index in [9.17, 15) is 27.9 Å². The topological polar surface area (TPSA) is 124 Å². The minimum Gasteiger partial charge on any atom is -0.550 e. The number of carbonyl (C=O) groups excluding carboxylic acids is 3. The molecule has 0 aromatic heterocycles. The van der Waals surface area contributed by atoms with E-state index in [1.54, 1.807) is 29.2 Å². The number of thioether (sulfide) groups is 1. The Morgan fingerprint density at radius 3 is 2.44 bits per heavy atom. The number of carboxylic acid groups (broad SMARTS) is 1. The Balaban J connectivity index is 1.92. The van der Waals surface area contributed by atoms with E-state index in [4.69, 9.17) is 0 Å². The molecule has 2 fully saturated rings. The molecule has 0 saturated carbocycles. The standard InChI is InChI=1S/C17H18N2O6S2/c1-10(20)11-2-4-12(5-3-11)19-13-8-27(24,25)9-14(13)26-17(19)18-15(21)6-7-16(22)23/h2-5,13-14H,6-9H2,1H3,(H,22,23)/p-1/t13-,14-/m1/s1. The van der Waals surface area contributed by atoms with E-state index < -0.39 is 28.1 Å². The number of sulfone groups is 1. The van der Waals surface area contributed by atoms with Crippen LogP contribution in [-0.4, -0.2) is 54.0 Å². The summed E-state index contributed by atoms with van der Waals surface area (Å²) in [5, 5.41) is 10.6. The number of nitrogens with zero attached hydrogens (tertiary/aromatic N) is 2. The van der Waals surface area contributed by atoms with Crippen molar-refractivity contribution >= 4 is 50.1 Å². The first-order chi connectivity index (χ1) is 12.7. The van der Waals surface area contributed by atoms with Gasteiger partial charge in [-0.3, -0.25) is 9.59 Å². The van der Waals surface area contributed by atoms with Crippen molar-refractivity contribution in [1.82, 2.24) is 0 Å². The van der Waals surface area contributed by atoms with Crippen LogP contribution < -0.4 is 10.0 Å². The van der Waals surface area contributed by atoms with Crippen LogP contribution in [0.25, 0.3) is 0 Å². The Morgan fingerprint density at radius 1 is 1.19 bits per heavy atom. The van der Waals surface area contributed by atoms with E-state index in [-0.39, 0.29) is 35.0 Å². The molecule has 0 unspecified atom stereocenters. The molecule has 3 rings (SSSR count). The number of hydrogen-bond donors (Lipinski definition) is 0. The minimum atomic E-state index is -3.18. The van der Waals surface area contributed by atoms with Crippen LogP contribution in [0.4, 0.5) is 5.69 Å². The number of Topliss-reactive ketones (excluding diaryl/α,β-unsaturated/α-hetero) is 1. The third kappa shape index (κ3) is 4.38. The largest absolute Gasteiger partial charge is 0.550 e. The zero-order valence-corrected chi connectivity index (χ0v) is 16.1. The maximum Gasteiger partial charge on any atom is 0.248 e. The van der Waals surface area contributed by atoms with Gasteiger partial charge in [-0.1, -0.05) is 11.8 Å². The number of carbonyl (C=O) groups is 3. The van der Waals surface area contributed by atoms with Gasteiger partial charge >= 0.3 is 0 Å². The predicted molar refractivity (Wildman–Crippen MR) is 99.4 cm³/mol. The van der Waals surface area contributed by atoms with Crippen LogP contribution in [0.2, 0.25) is 0 Å². The molecular formula is C17H17N2O6S2-. The number of carboxylic acids is 1. The van der Waals surface area contributed by atoms with E-state index >= 15 is 0 Å². The summed E-state index contributed by atoms with van der Waals surface area (Å²) >= 11 is 1.21. The van der Waals surface area contributed by atoms with Gasteiger partial charge in [-0.2, -0.15) is 4.99 Å². The molecule has 0 spiro atoms. The highest BCUT2D eigenvalue weighted by Crippen LogP contribution is 2.41. The summed E-state index contributed by atoms with van der Waals surface area (Å²) in [6.07, 6.45) is -0.702. The first kappa shape index (κ1) is 19.6. The number of benzene rings is 1. The second-order valence-electron chi connectivity index (χ2n) is 6.43. The molecular weight excluding hydrogens is 392 g/mol. The highest BCUT2D eigenvalue weighted by molar-refractivity contribution is 8.16. The van der Waals surface area contributed by atoms with Gasteiger partial charge in [-0.15, -0.1) is 0 Å². The van der Waals surface area contributed by atoms with Gasteiger partial charge in [-0.05, 0) is 37.6 Å². The number of amidine groups is 1.